The summed E-state index contributed by atoms with van der Waals surface area (Å²) >= 11 is 0. The average Bonchev–Trinajstić information content (AvgIpc) is 2.91. The summed E-state index contributed by atoms with van der Waals surface area (Å²) < 4.78 is 10.0. The summed E-state index contributed by atoms with van der Waals surface area (Å²) in [5, 5.41) is 2.88. The molecule has 7 nitrogen and oxygen atoms in total. The van der Waals surface area contributed by atoms with Gasteiger partial charge in [0.05, 0.1) is 0 Å². The summed E-state index contributed by atoms with van der Waals surface area (Å²) in [6.07, 6.45) is 2.65. The van der Waals surface area contributed by atoms with E-state index in [-0.39, 0.29) is 11.5 Å². The quantitative estimate of drug-likeness (QED) is 0.518. The normalized spacial score (nSPS) is 19.8. The van der Waals surface area contributed by atoms with Crippen molar-refractivity contribution in [1.82, 2.24) is 0 Å². The van der Waals surface area contributed by atoms with E-state index in [1.54, 1.807) is 23.1 Å². The summed E-state index contributed by atoms with van der Waals surface area (Å²) in [6, 6.07) is 7.18. The van der Waals surface area contributed by atoms with E-state index in [9.17, 15) is 14.4 Å². The Hall–Kier alpha value is -2.83. The third-order valence-electron chi connectivity index (χ3n) is 3.73. The molecule has 2 heterocycles. The van der Waals surface area contributed by atoms with Gasteiger partial charge in [0.2, 0.25) is 5.91 Å². The number of hydrogen-bond donors (Lipinski definition) is 1. The molecule has 0 unspecified atom stereocenters. The predicted molar refractivity (Wildman–Crippen MR) is 86.0 cm³/mol. The molecule has 0 saturated carbocycles. The van der Waals surface area contributed by atoms with Gasteiger partial charge < -0.3 is 19.7 Å². The van der Waals surface area contributed by atoms with Crippen molar-refractivity contribution in [3.8, 4) is 0 Å². The Labute approximate surface area is 139 Å². The molecular weight excluding hydrogens is 312 g/mol. The predicted octanol–water partition coefficient (Wildman–Crippen LogP) is 1.95. The Balaban J connectivity index is 1.76. The van der Waals surface area contributed by atoms with Crippen LogP contribution < -0.4 is 10.2 Å². The molecule has 2 fully saturated rings. The Morgan fingerprint density at radius 2 is 1.88 bits per heavy atom. The minimum Gasteiger partial charge on any atom is -0.419 e. The molecule has 2 aliphatic rings. The summed E-state index contributed by atoms with van der Waals surface area (Å²) in [5.74, 6) is -2.65. The fourth-order valence-corrected chi connectivity index (χ4v) is 2.62. The van der Waals surface area contributed by atoms with Gasteiger partial charge in [-0.2, -0.15) is 0 Å². The van der Waals surface area contributed by atoms with E-state index in [1.165, 1.54) is 20.0 Å². The molecule has 1 N–H and O–H groups in total. The minimum atomic E-state index is -1.26. The van der Waals surface area contributed by atoms with Crippen LogP contribution in [0.4, 0.5) is 11.4 Å². The SMILES string of the molecule is CC1(C)OC(=O)C(=CNc2cccc(N3CCCC3=O)c2)C(=O)O1. The standard InChI is InChI=1S/C17H18N2O5/c1-17(2)23-15(21)13(16(22)24-17)10-18-11-5-3-6-12(9-11)19-8-4-7-14(19)20/h3,5-6,9-10,18H,4,7-8H2,1-2H3. The number of rotatable bonds is 3. The lowest BCUT2D eigenvalue weighted by atomic mass is 10.2. The molecule has 2 saturated heterocycles. The summed E-state index contributed by atoms with van der Waals surface area (Å²) in [4.78, 5) is 37.3. The van der Waals surface area contributed by atoms with Crippen LogP contribution in [0.2, 0.25) is 0 Å². The van der Waals surface area contributed by atoms with E-state index in [0.29, 0.717) is 18.7 Å². The van der Waals surface area contributed by atoms with Gasteiger partial charge in [0.25, 0.3) is 5.79 Å². The molecule has 0 spiro atoms. The Morgan fingerprint density at radius 3 is 2.50 bits per heavy atom. The van der Waals surface area contributed by atoms with Crippen LogP contribution in [0.3, 0.4) is 0 Å². The van der Waals surface area contributed by atoms with Crippen LogP contribution >= 0.6 is 0 Å². The number of carbonyl (C=O) groups excluding carboxylic acids is 3. The third kappa shape index (κ3) is 3.24. The van der Waals surface area contributed by atoms with Gasteiger partial charge in [-0.15, -0.1) is 0 Å². The van der Waals surface area contributed by atoms with Gasteiger partial charge in [-0.25, -0.2) is 9.59 Å². The van der Waals surface area contributed by atoms with Gasteiger partial charge >= 0.3 is 11.9 Å². The van der Waals surface area contributed by atoms with E-state index >= 15 is 0 Å². The van der Waals surface area contributed by atoms with E-state index < -0.39 is 17.7 Å². The van der Waals surface area contributed by atoms with Gasteiger partial charge in [0.15, 0.2) is 5.57 Å². The molecule has 0 radical (unpaired) electrons. The number of hydrogen-bond acceptors (Lipinski definition) is 6. The van der Waals surface area contributed by atoms with E-state index in [0.717, 1.165) is 12.1 Å². The lowest BCUT2D eigenvalue weighted by Gasteiger charge is -2.29. The van der Waals surface area contributed by atoms with Crippen LogP contribution in [-0.4, -0.2) is 30.2 Å². The zero-order valence-corrected chi connectivity index (χ0v) is 13.5. The fraction of sp³-hybridized carbons (Fsp3) is 0.353. The highest BCUT2D eigenvalue weighted by Gasteiger charge is 2.38. The number of nitrogens with zero attached hydrogens (tertiary/aromatic N) is 1. The zero-order chi connectivity index (χ0) is 17.3. The maximum atomic E-state index is 11.9. The third-order valence-corrected chi connectivity index (χ3v) is 3.73. The van der Waals surface area contributed by atoms with Crippen molar-refractivity contribution in [2.45, 2.75) is 32.5 Å². The highest BCUT2D eigenvalue weighted by atomic mass is 16.7. The minimum absolute atomic E-state index is 0.0900. The molecule has 126 valence electrons. The van der Waals surface area contributed by atoms with Crippen molar-refractivity contribution in [1.29, 1.82) is 0 Å². The number of amides is 1. The first-order valence-electron chi connectivity index (χ1n) is 7.69. The van der Waals surface area contributed by atoms with Gasteiger partial charge in [-0.3, -0.25) is 4.79 Å². The molecule has 0 aromatic heterocycles. The van der Waals surface area contributed by atoms with Crippen LogP contribution in [0.15, 0.2) is 36.0 Å². The van der Waals surface area contributed by atoms with Crippen molar-refractivity contribution in [3.63, 3.8) is 0 Å². The largest absolute Gasteiger partial charge is 0.419 e. The van der Waals surface area contributed by atoms with Crippen LogP contribution in [0.1, 0.15) is 26.7 Å². The number of ether oxygens (including phenoxy) is 2. The molecule has 1 aromatic rings. The average molecular weight is 330 g/mol. The second kappa shape index (κ2) is 5.99. The maximum absolute atomic E-state index is 11.9. The Kier molecular flexibility index (Phi) is 4.01. The van der Waals surface area contributed by atoms with Crippen molar-refractivity contribution in [2.24, 2.45) is 0 Å². The second-order valence-corrected chi connectivity index (χ2v) is 6.08. The lowest BCUT2D eigenvalue weighted by Crippen LogP contribution is -2.42. The zero-order valence-electron chi connectivity index (χ0n) is 13.5. The smallest absolute Gasteiger partial charge is 0.350 e. The van der Waals surface area contributed by atoms with Crippen LogP contribution in [0, 0.1) is 0 Å². The molecule has 3 rings (SSSR count). The molecule has 7 heteroatoms. The van der Waals surface area contributed by atoms with Gasteiger partial charge in [-0.1, -0.05) is 6.07 Å². The van der Waals surface area contributed by atoms with Crippen molar-refractivity contribution in [3.05, 3.63) is 36.0 Å². The van der Waals surface area contributed by atoms with Crippen molar-refractivity contribution < 1.29 is 23.9 Å². The van der Waals surface area contributed by atoms with E-state index in [2.05, 4.69) is 5.32 Å². The number of cyclic esters (lactones) is 2. The second-order valence-electron chi connectivity index (χ2n) is 6.08. The molecule has 1 aromatic carbocycles. The summed E-state index contributed by atoms with van der Waals surface area (Å²) in [6.45, 7) is 3.67. The number of benzene rings is 1. The van der Waals surface area contributed by atoms with Gasteiger partial charge in [0, 0.05) is 44.4 Å². The van der Waals surface area contributed by atoms with Crippen LogP contribution in [-0.2, 0) is 23.9 Å². The molecule has 0 bridgehead atoms. The first-order chi connectivity index (χ1) is 11.4. The number of carbonyl (C=O) groups is 3. The van der Waals surface area contributed by atoms with Crippen LogP contribution in [0.5, 0.6) is 0 Å². The Bertz CT molecular complexity index is 716. The monoisotopic (exact) mass is 330 g/mol. The maximum Gasteiger partial charge on any atom is 0.350 e. The summed E-state index contributed by atoms with van der Waals surface area (Å²) in [7, 11) is 0. The number of esters is 2. The first kappa shape index (κ1) is 16.0. The number of anilines is 2. The lowest BCUT2D eigenvalue weighted by molar-refractivity contribution is -0.222. The van der Waals surface area contributed by atoms with Crippen molar-refractivity contribution in [2.75, 3.05) is 16.8 Å². The van der Waals surface area contributed by atoms with Crippen molar-refractivity contribution >= 4 is 29.2 Å². The molecule has 0 aliphatic carbocycles. The highest BCUT2D eigenvalue weighted by molar-refractivity contribution is 6.15. The van der Waals surface area contributed by atoms with Gasteiger partial charge in [-0.05, 0) is 24.6 Å². The number of nitrogens with one attached hydrogen (secondary N) is 1. The van der Waals surface area contributed by atoms with Crippen LogP contribution in [0.25, 0.3) is 0 Å². The van der Waals surface area contributed by atoms with Gasteiger partial charge in [0.1, 0.15) is 0 Å². The van der Waals surface area contributed by atoms with E-state index in [1.807, 2.05) is 6.07 Å². The first-order valence-corrected chi connectivity index (χ1v) is 7.69. The molecule has 1 amide bonds. The molecule has 2 aliphatic heterocycles. The molecule has 0 atom stereocenters. The van der Waals surface area contributed by atoms with E-state index in [4.69, 9.17) is 9.47 Å². The Morgan fingerprint density at radius 1 is 1.17 bits per heavy atom. The topological polar surface area (TPSA) is 84.9 Å². The highest BCUT2D eigenvalue weighted by Crippen LogP contribution is 2.25. The summed E-state index contributed by atoms with van der Waals surface area (Å²) in [5.41, 5.74) is 1.21. The fourth-order valence-electron chi connectivity index (χ4n) is 2.62. The molecular formula is C17H18N2O5. The molecule has 24 heavy (non-hydrogen) atoms.